The molecule has 0 amide bonds. The van der Waals surface area contributed by atoms with Gasteiger partial charge < -0.3 is 19.8 Å². The number of rotatable bonds is 3. The zero-order valence-electron chi connectivity index (χ0n) is 16.2. The topological polar surface area (TPSA) is 76.3 Å². The van der Waals surface area contributed by atoms with Crippen molar-refractivity contribution in [2.24, 2.45) is 0 Å². The minimum absolute atomic E-state index is 0. The van der Waals surface area contributed by atoms with Gasteiger partial charge in [-0.2, -0.15) is 0 Å². The summed E-state index contributed by atoms with van der Waals surface area (Å²) in [5.74, 6) is 0.211. The standard InChI is InChI=1S/C12H13N3O2.C9H6ClNO.Ga/c16-9-7-8(13-1-2-13)12(17)11(15-5-6-15)10(9)14-3-4-14;10-7-3-4-8(12)9-6(7)2-1-5-11-9;/h7H,1-6H2;1-5,12H;. The average Bonchev–Trinajstić information content (AvgIpc) is 3.57. The van der Waals surface area contributed by atoms with E-state index >= 15 is 0 Å². The second-order valence-electron chi connectivity index (χ2n) is 7.35. The third-order valence-electron chi connectivity index (χ3n) is 5.18. The van der Waals surface area contributed by atoms with Gasteiger partial charge in [-0.25, -0.2) is 0 Å². The third kappa shape index (κ3) is 3.95. The van der Waals surface area contributed by atoms with Crippen molar-refractivity contribution < 1.29 is 14.7 Å². The number of hydrogen-bond acceptors (Lipinski definition) is 7. The van der Waals surface area contributed by atoms with Gasteiger partial charge in [0.05, 0.1) is 10.7 Å². The van der Waals surface area contributed by atoms with Crippen molar-refractivity contribution in [3.63, 3.8) is 0 Å². The third-order valence-corrected chi connectivity index (χ3v) is 5.51. The number of aromatic hydroxyl groups is 1. The Bertz CT molecular complexity index is 1060. The van der Waals surface area contributed by atoms with Crippen LogP contribution in [0.5, 0.6) is 5.75 Å². The Kier molecular flexibility index (Phi) is 5.57. The molecule has 0 saturated carbocycles. The fraction of sp³-hybridized carbons (Fsp3) is 0.286. The largest absolute Gasteiger partial charge is 0.506 e. The van der Waals surface area contributed by atoms with Crippen molar-refractivity contribution in [3.8, 4) is 5.75 Å². The van der Waals surface area contributed by atoms with E-state index in [4.69, 9.17) is 11.6 Å². The minimum Gasteiger partial charge on any atom is -0.506 e. The number of carbonyl (C=O) groups is 2. The van der Waals surface area contributed by atoms with E-state index < -0.39 is 0 Å². The van der Waals surface area contributed by atoms with E-state index in [1.807, 2.05) is 20.8 Å². The number of aromatic nitrogens is 1. The molecule has 3 aliphatic heterocycles. The van der Waals surface area contributed by atoms with Crippen LogP contribution in [0.2, 0.25) is 5.02 Å². The van der Waals surface area contributed by atoms with Crippen LogP contribution in [0.1, 0.15) is 0 Å². The van der Waals surface area contributed by atoms with Crippen LogP contribution in [-0.4, -0.2) is 95.4 Å². The first-order valence-electron chi connectivity index (χ1n) is 9.56. The molecule has 2 aromatic rings. The Hall–Kier alpha value is -2.42. The van der Waals surface area contributed by atoms with Crippen LogP contribution >= 0.6 is 11.6 Å². The van der Waals surface area contributed by atoms with E-state index in [9.17, 15) is 14.7 Å². The second kappa shape index (κ2) is 8.01. The maximum Gasteiger partial charge on any atom is 0.227 e. The van der Waals surface area contributed by atoms with Crippen molar-refractivity contribution in [1.82, 2.24) is 19.7 Å². The van der Waals surface area contributed by atoms with Gasteiger partial charge in [0.15, 0.2) is 0 Å². The van der Waals surface area contributed by atoms with Gasteiger partial charge in [0.25, 0.3) is 0 Å². The minimum atomic E-state index is 0. The molecule has 0 spiro atoms. The number of pyridine rings is 1. The summed E-state index contributed by atoms with van der Waals surface area (Å²) >= 11 is 5.88. The number of hydrogen-bond donors (Lipinski definition) is 1. The Morgan fingerprint density at radius 3 is 2.13 bits per heavy atom. The predicted molar refractivity (Wildman–Crippen MR) is 114 cm³/mol. The monoisotopic (exact) mass is 479 g/mol. The molecule has 3 radical (unpaired) electrons. The van der Waals surface area contributed by atoms with Crippen molar-refractivity contribution >= 4 is 53.9 Å². The van der Waals surface area contributed by atoms with Crippen molar-refractivity contribution in [2.45, 2.75) is 0 Å². The summed E-state index contributed by atoms with van der Waals surface area (Å²) in [6.45, 7) is 5.41. The summed E-state index contributed by atoms with van der Waals surface area (Å²) < 4.78 is 0. The molecule has 1 aliphatic carbocycles. The number of ketones is 2. The van der Waals surface area contributed by atoms with Crippen molar-refractivity contribution in [3.05, 3.63) is 58.7 Å². The smallest absolute Gasteiger partial charge is 0.227 e. The van der Waals surface area contributed by atoms with Gasteiger partial charge in [-0.1, -0.05) is 11.6 Å². The Morgan fingerprint density at radius 2 is 1.53 bits per heavy atom. The summed E-state index contributed by atoms with van der Waals surface area (Å²) in [7, 11) is 0. The van der Waals surface area contributed by atoms with E-state index in [-0.39, 0.29) is 37.1 Å². The number of benzene rings is 1. The number of Topliss-reactive ketones (excluding diaryl/α,β-unsaturated/α-hetero) is 1. The first kappa shape index (κ1) is 20.8. The summed E-state index contributed by atoms with van der Waals surface area (Å²) in [5, 5.41) is 10.8. The molecular weight excluding hydrogens is 461 g/mol. The summed E-state index contributed by atoms with van der Waals surface area (Å²) in [6.07, 6.45) is 3.15. The molecule has 0 atom stereocenters. The van der Waals surface area contributed by atoms with E-state index in [2.05, 4.69) is 4.98 Å². The molecule has 1 aromatic carbocycles. The van der Waals surface area contributed by atoms with Crippen LogP contribution in [0, 0.1) is 0 Å². The Balaban J connectivity index is 0.000000149. The molecular formula is C21H19ClGaN4O3. The maximum absolute atomic E-state index is 12.4. The number of fused-ring (bicyclic) bond motifs is 1. The molecule has 0 bridgehead atoms. The number of allylic oxidation sites excluding steroid dienone is 1. The molecule has 6 rings (SSSR count). The van der Waals surface area contributed by atoms with Crippen LogP contribution in [0.4, 0.5) is 0 Å². The quantitative estimate of drug-likeness (QED) is 0.404. The molecule has 151 valence electrons. The van der Waals surface area contributed by atoms with Crippen LogP contribution < -0.4 is 0 Å². The fourth-order valence-corrected chi connectivity index (χ4v) is 3.61. The molecule has 1 N–H and O–H groups in total. The fourth-order valence-electron chi connectivity index (χ4n) is 3.40. The molecule has 9 heteroatoms. The molecule has 4 aliphatic rings. The number of nitrogens with zero attached hydrogens (tertiary/aromatic N) is 4. The van der Waals surface area contributed by atoms with Gasteiger partial charge in [0.2, 0.25) is 11.6 Å². The summed E-state index contributed by atoms with van der Waals surface area (Å²) in [5.41, 5.74) is 2.43. The van der Waals surface area contributed by atoms with E-state index in [0.717, 1.165) is 44.7 Å². The number of halogens is 1. The molecule has 0 unspecified atom stereocenters. The number of phenols is 1. The second-order valence-corrected chi connectivity index (χ2v) is 7.75. The Morgan fingerprint density at radius 1 is 0.900 bits per heavy atom. The van der Waals surface area contributed by atoms with E-state index in [1.165, 1.54) is 12.1 Å². The van der Waals surface area contributed by atoms with Crippen LogP contribution in [-0.2, 0) is 9.59 Å². The molecule has 4 heterocycles. The molecule has 3 fully saturated rings. The van der Waals surface area contributed by atoms with Crippen molar-refractivity contribution in [2.75, 3.05) is 39.3 Å². The Labute approximate surface area is 191 Å². The number of carbonyl (C=O) groups excluding carboxylic acids is 2. The van der Waals surface area contributed by atoms with Gasteiger partial charge >= 0.3 is 0 Å². The van der Waals surface area contributed by atoms with Crippen molar-refractivity contribution in [1.29, 1.82) is 0 Å². The normalized spacial score (nSPS) is 19.2. The van der Waals surface area contributed by atoms with Gasteiger partial charge in [0.1, 0.15) is 22.7 Å². The van der Waals surface area contributed by atoms with Crippen LogP contribution in [0.25, 0.3) is 10.9 Å². The van der Waals surface area contributed by atoms with Crippen LogP contribution in [0.3, 0.4) is 0 Å². The molecule has 7 nitrogen and oxygen atoms in total. The first-order valence-corrected chi connectivity index (χ1v) is 9.94. The zero-order chi connectivity index (χ0) is 20.1. The number of phenolic OH excluding ortho intramolecular Hbond substituents is 1. The molecule has 1 aromatic heterocycles. The maximum atomic E-state index is 12.4. The average molecular weight is 481 g/mol. The predicted octanol–water partition coefficient (Wildman–Crippen LogP) is 1.39. The van der Waals surface area contributed by atoms with Gasteiger partial charge in [-0.15, -0.1) is 0 Å². The van der Waals surface area contributed by atoms with E-state index in [1.54, 1.807) is 18.3 Å². The zero-order valence-corrected chi connectivity index (χ0v) is 19.4. The first-order chi connectivity index (χ1) is 14.0. The van der Waals surface area contributed by atoms with Gasteiger partial charge in [0, 0.05) is 76.7 Å². The van der Waals surface area contributed by atoms with Gasteiger partial charge in [-0.05, 0) is 24.3 Å². The van der Waals surface area contributed by atoms with E-state index in [0.29, 0.717) is 27.6 Å². The summed E-state index contributed by atoms with van der Waals surface area (Å²) in [4.78, 5) is 34.5. The molecule has 30 heavy (non-hydrogen) atoms. The molecule has 3 saturated heterocycles. The SMILES string of the molecule is O=C1C=C(N2CC2)C(=O)C(N2CC2)=C1N1CC1.Oc1ccc(Cl)c2cccnc12.[Ga]. The summed E-state index contributed by atoms with van der Waals surface area (Å²) in [6, 6.07) is 6.80. The van der Waals surface area contributed by atoms with Crippen LogP contribution in [0.15, 0.2) is 53.6 Å². The van der Waals surface area contributed by atoms with Gasteiger partial charge in [-0.3, -0.25) is 14.6 Å².